The van der Waals surface area contributed by atoms with Gasteiger partial charge in [-0.25, -0.2) is 0 Å². The zero-order valence-electron chi connectivity index (χ0n) is 9.74. The average Bonchev–Trinajstić information content (AvgIpc) is 2.26. The Bertz CT molecular complexity index is 431. The van der Waals surface area contributed by atoms with E-state index in [-0.39, 0.29) is 40.5 Å². The summed E-state index contributed by atoms with van der Waals surface area (Å²) < 4.78 is 33.7. The van der Waals surface area contributed by atoms with Crippen LogP contribution in [-0.2, 0) is 8.53 Å². The molecule has 4 N–H and O–H groups in total. The van der Waals surface area contributed by atoms with Crippen molar-refractivity contribution < 1.29 is 56.1 Å². The fraction of sp³-hybridized carbons (Fsp3) is 0.222. The first-order valence-electron chi connectivity index (χ1n) is 4.60. The molecule has 9 heteroatoms. The molecule has 0 saturated heterocycles. The second-order valence-corrected chi connectivity index (χ2v) is 6.45. The second-order valence-electron chi connectivity index (χ2n) is 3.08. The Morgan fingerprint density at radius 1 is 1.28 bits per heavy atom. The summed E-state index contributed by atoms with van der Waals surface area (Å²) in [5.74, 6) is -0.179. The third kappa shape index (κ3) is 6.06. The van der Waals surface area contributed by atoms with Crippen LogP contribution in [0.25, 0.3) is 0 Å². The van der Waals surface area contributed by atoms with Gasteiger partial charge in [-0.3, -0.25) is 0 Å². The Hall–Kier alpha value is -0.272. The monoisotopic (exact) mass is 328 g/mol. The van der Waals surface area contributed by atoms with Crippen molar-refractivity contribution in [3.8, 4) is 5.75 Å². The van der Waals surface area contributed by atoms with Crippen molar-refractivity contribution in [1.29, 1.82) is 0 Å². The van der Waals surface area contributed by atoms with Gasteiger partial charge in [0.1, 0.15) is 0 Å². The first kappa shape index (κ1) is 17.7. The van der Waals surface area contributed by atoms with Crippen LogP contribution in [0.3, 0.4) is 0 Å². The average molecular weight is 328 g/mol. The van der Waals surface area contributed by atoms with Crippen LogP contribution in [0, 0.1) is 0 Å². The Morgan fingerprint density at radius 2 is 1.83 bits per heavy atom. The van der Waals surface area contributed by atoms with Gasteiger partial charge >= 0.3 is 129 Å². The van der Waals surface area contributed by atoms with Gasteiger partial charge in [0.25, 0.3) is 0 Å². The molecule has 0 heterocycles. The van der Waals surface area contributed by atoms with E-state index in [0.29, 0.717) is 5.75 Å². The maximum atomic E-state index is 10.9. The SMILES string of the molecule is O=C(COc1ccc([As](=O)(O)O)cc1)NCO.[Na+]. The molecule has 0 aromatic heterocycles. The summed E-state index contributed by atoms with van der Waals surface area (Å²) in [7, 11) is 0. The number of hydrogen-bond donors (Lipinski definition) is 4. The van der Waals surface area contributed by atoms with E-state index in [0.717, 1.165) is 0 Å². The Morgan fingerprint density at radius 3 is 2.28 bits per heavy atom. The fourth-order valence-corrected chi connectivity index (χ4v) is 2.15. The predicted molar refractivity (Wildman–Crippen MR) is 57.7 cm³/mol. The van der Waals surface area contributed by atoms with E-state index in [1.807, 2.05) is 0 Å². The van der Waals surface area contributed by atoms with Gasteiger partial charge in [-0.1, -0.05) is 0 Å². The van der Waals surface area contributed by atoms with E-state index in [4.69, 9.17) is 18.0 Å². The summed E-state index contributed by atoms with van der Waals surface area (Å²) in [5, 5.41) is 10.5. The van der Waals surface area contributed by atoms with Crippen LogP contribution in [-0.4, -0.2) is 46.7 Å². The van der Waals surface area contributed by atoms with Gasteiger partial charge in [0.2, 0.25) is 0 Å². The van der Waals surface area contributed by atoms with Gasteiger partial charge in [0, 0.05) is 0 Å². The van der Waals surface area contributed by atoms with Crippen LogP contribution in [0.15, 0.2) is 24.3 Å². The standard InChI is InChI=1S/C9H12AsNO6.Na/c12-6-11-9(13)5-17-8-3-1-7(2-4-8)10(14,15)16;/h1-4,12H,5-6H2,(H,11,13)(H2,14,15,16);/q;+1. The predicted octanol–water partition coefficient (Wildman–Crippen LogP) is -5.30. The normalized spacial score (nSPS) is 10.4. The molecule has 1 rings (SSSR count). The molecule has 0 spiro atoms. The van der Waals surface area contributed by atoms with E-state index < -0.39 is 26.8 Å². The van der Waals surface area contributed by atoms with Crippen LogP contribution in [0.5, 0.6) is 5.75 Å². The summed E-state index contributed by atoms with van der Waals surface area (Å²) in [6.45, 7) is -0.747. The van der Waals surface area contributed by atoms with Crippen molar-refractivity contribution in [2.75, 3.05) is 13.3 Å². The smallest absolute Gasteiger partial charge is 1.00 e. The molecule has 0 radical (unpaired) electrons. The topological polar surface area (TPSA) is 116 Å². The maximum Gasteiger partial charge on any atom is 1.00 e. The summed E-state index contributed by atoms with van der Waals surface area (Å²) >= 11 is -4.86. The molecule has 0 aliphatic carbocycles. The van der Waals surface area contributed by atoms with E-state index in [2.05, 4.69) is 5.32 Å². The number of rotatable bonds is 5. The Kier molecular flexibility index (Phi) is 7.89. The molecule has 1 aromatic rings. The molecule has 7 nitrogen and oxygen atoms in total. The van der Waals surface area contributed by atoms with Gasteiger partial charge in [-0.05, 0) is 0 Å². The van der Waals surface area contributed by atoms with Crippen molar-refractivity contribution in [3.63, 3.8) is 0 Å². The van der Waals surface area contributed by atoms with E-state index in [1.165, 1.54) is 24.3 Å². The van der Waals surface area contributed by atoms with Crippen LogP contribution in [0.4, 0.5) is 0 Å². The van der Waals surface area contributed by atoms with Gasteiger partial charge in [-0.15, -0.1) is 0 Å². The number of aliphatic hydroxyl groups excluding tert-OH is 1. The van der Waals surface area contributed by atoms with Gasteiger partial charge in [0.05, 0.1) is 0 Å². The first-order valence-corrected chi connectivity index (χ1v) is 7.98. The molecule has 0 aliphatic heterocycles. The van der Waals surface area contributed by atoms with Crippen LogP contribution in [0.2, 0.25) is 0 Å². The summed E-state index contributed by atoms with van der Waals surface area (Å²) in [6.07, 6.45) is 0. The molecular formula is C9H12AsNNaO6+. The summed E-state index contributed by atoms with van der Waals surface area (Å²) in [5.41, 5.74) is 0. The van der Waals surface area contributed by atoms with Crippen molar-refractivity contribution in [2.24, 2.45) is 0 Å². The number of carbonyl (C=O) groups excluding carboxylic acids is 1. The molecule has 0 atom stereocenters. The van der Waals surface area contributed by atoms with Crippen LogP contribution < -0.4 is 44.0 Å². The third-order valence-corrected chi connectivity index (χ3v) is 3.86. The van der Waals surface area contributed by atoms with Crippen molar-refractivity contribution in [1.82, 2.24) is 5.32 Å². The molecule has 1 amide bonds. The van der Waals surface area contributed by atoms with Crippen molar-refractivity contribution >= 4 is 24.4 Å². The zero-order chi connectivity index (χ0) is 12.9. The number of carbonyl (C=O) groups is 1. The van der Waals surface area contributed by atoms with Crippen molar-refractivity contribution in [2.45, 2.75) is 0 Å². The molecule has 1 aromatic carbocycles. The summed E-state index contributed by atoms with van der Waals surface area (Å²) in [4.78, 5) is 10.9. The Labute approximate surface area is 128 Å². The third-order valence-electron chi connectivity index (χ3n) is 1.82. The molecule has 94 valence electrons. The molecule has 0 saturated carbocycles. The number of hydrogen-bond acceptors (Lipinski definition) is 4. The Balaban J connectivity index is 0.00000289. The minimum absolute atomic E-state index is 0. The molecule has 0 aliphatic rings. The second kappa shape index (κ2) is 8.01. The fourth-order valence-electron chi connectivity index (χ4n) is 1.02. The quantitative estimate of drug-likeness (QED) is 0.317. The van der Waals surface area contributed by atoms with Crippen LogP contribution in [0.1, 0.15) is 0 Å². The van der Waals surface area contributed by atoms with E-state index >= 15 is 0 Å². The van der Waals surface area contributed by atoms with Crippen molar-refractivity contribution in [3.05, 3.63) is 24.3 Å². The number of aliphatic hydroxyl groups is 1. The molecule has 0 bridgehead atoms. The van der Waals surface area contributed by atoms with E-state index in [9.17, 15) is 8.53 Å². The van der Waals surface area contributed by atoms with Gasteiger partial charge in [0.15, 0.2) is 0 Å². The molecule has 0 unspecified atom stereocenters. The van der Waals surface area contributed by atoms with Crippen LogP contribution >= 0.6 is 0 Å². The van der Waals surface area contributed by atoms with Gasteiger partial charge in [-0.2, -0.15) is 0 Å². The number of nitrogens with one attached hydrogen (secondary N) is 1. The molecule has 0 fully saturated rings. The maximum absolute atomic E-state index is 10.9. The first-order chi connectivity index (χ1) is 7.93. The van der Waals surface area contributed by atoms with Gasteiger partial charge < -0.3 is 0 Å². The minimum Gasteiger partial charge on any atom is 1.00 e. The molecular weight excluding hydrogens is 316 g/mol. The number of amides is 1. The number of benzene rings is 1. The zero-order valence-corrected chi connectivity index (χ0v) is 13.6. The van der Waals surface area contributed by atoms with E-state index in [1.54, 1.807) is 0 Å². The largest absolute Gasteiger partial charge is 1.00 e. The minimum atomic E-state index is -4.86. The number of ether oxygens (including phenoxy) is 1. The molecule has 18 heavy (non-hydrogen) atoms. The summed E-state index contributed by atoms with van der Waals surface area (Å²) in [6, 6.07) is 5.22.